The summed E-state index contributed by atoms with van der Waals surface area (Å²) >= 11 is 0. The van der Waals surface area contributed by atoms with Crippen molar-refractivity contribution in [1.82, 2.24) is 9.62 Å². The second kappa shape index (κ2) is 8.93. The van der Waals surface area contributed by atoms with Crippen LogP contribution in [0.4, 0.5) is 0 Å². The number of hydrogen-bond acceptors (Lipinski definition) is 4. The molecule has 6 nitrogen and oxygen atoms in total. The zero-order valence-electron chi connectivity index (χ0n) is 15.1. The third-order valence-corrected chi connectivity index (χ3v) is 5.62. The van der Waals surface area contributed by atoms with E-state index in [1.165, 1.54) is 24.3 Å². The van der Waals surface area contributed by atoms with Crippen LogP contribution in [-0.4, -0.2) is 38.9 Å². The molecule has 0 bridgehead atoms. The minimum Gasteiger partial charge on any atom is -0.339 e. The quantitative estimate of drug-likeness (QED) is 0.739. The number of carbonyl (C=O) groups excluding carboxylic acids is 1. The van der Waals surface area contributed by atoms with E-state index in [9.17, 15) is 13.2 Å². The second-order valence-electron chi connectivity index (χ2n) is 5.87. The van der Waals surface area contributed by atoms with E-state index in [0.717, 1.165) is 5.56 Å². The Labute approximate surface area is 155 Å². The van der Waals surface area contributed by atoms with Gasteiger partial charge >= 0.3 is 0 Å². The van der Waals surface area contributed by atoms with Crippen LogP contribution in [-0.2, 0) is 10.0 Å². The molecule has 1 amide bonds. The molecule has 0 spiro atoms. The summed E-state index contributed by atoms with van der Waals surface area (Å²) in [5.41, 5.74) is 7.35. The van der Waals surface area contributed by atoms with Crippen LogP contribution in [0.25, 0.3) is 0 Å². The van der Waals surface area contributed by atoms with E-state index in [0.29, 0.717) is 18.7 Å². The first-order chi connectivity index (χ1) is 12.4. The molecule has 0 saturated carbocycles. The molecule has 2 aromatic carbocycles. The molecular weight excluding hydrogens is 350 g/mol. The van der Waals surface area contributed by atoms with Crippen LogP contribution in [0, 0.1) is 0 Å². The Morgan fingerprint density at radius 3 is 2.15 bits per heavy atom. The molecule has 1 atom stereocenters. The minimum absolute atomic E-state index is 0.0898. The van der Waals surface area contributed by atoms with Crippen molar-refractivity contribution in [2.75, 3.05) is 19.6 Å². The molecule has 0 fully saturated rings. The number of rotatable bonds is 8. The Balaban J connectivity index is 2.06. The molecule has 140 valence electrons. The Hall–Kier alpha value is -2.22. The molecule has 0 aliphatic heterocycles. The molecule has 0 aromatic heterocycles. The highest BCUT2D eigenvalue weighted by atomic mass is 32.2. The molecular formula is C19H25N3O3S. The van der Waals surface area contributed by atoms with E-state index in [-0.39, 0.29) is 17.3 Å². The lowest BCUT2D eigenvalue weighted by Crippen LogP contribution is -2.32. The standard InChI is InChI=1S/C19H25N3O3S/c1-3-22(4-2)19(23)16-10-12-17(13-11-16)26(24,25)21-14-18(20)15-8-6-5-7-9-15/h5-13,18,21H,3-4,14,20H2,1-2H3. The lowest BCUT2D eigenvalue weighted by molar-refractivity contribution is 0.0773. The first-order valence-corrected chi connectivity index (χ1v) is 10.1. The highest BCUT2D eigenvalue weighted by Crippen LogP contribution is 2.14. The molecule has 2 rings (SSSR count). The summed E-state index contributed by atoms with van der Waals surface area (Å²) in [7, 11) is -3.69. The highest BCUT2D eigenvalue weighted by molar-refractivity contribution is 7.89. The fourth-order valence-corrected chi connectivity index (χ4v) is 3.63. The van der Waals surface area contributed by atoms with Crippen LogP contribution in [0.3, 0.4) is 0 Å². The third kappa shape index (κ3) is 4.91. The van der Waals surface area contributed by atoms with Gasteiger partial charge < -0.3 is 10.6 Å². The van der Waals surface area contributed by atoms with Gasteiger partial charge in [-0.3, -0.25) is 4.79 Å². The third-order valence-electron chi connectivity index (χ3n) is 4.18. The second-order valence-corrected chi connectivity index (χ2v) is 7.64. The van der Waals surface area contributed by atoms with Gasteiger partial charge in [-0.1, -0.05) is 30.3 Å². The molecule has 1 unspecified atom stereocenters. The Morgan fingerprint density at radius 2 is 1.62 bits per heavy atom. The van der Waals surface area contributed by atoms with Gasteiger partial charge in [0.15, 0.2) is 0 Å². The van der Waals surface area contributed by atoms with Crippen LogP contribution < -0.4 is 10.5 Å². The lowest BCUT2D eigenvalue weighted by Gasteiger charge is -2.18. The van der Waals surface area contributed by atoms with Gasteiger partial charge in [0.05, 0.1) is 4.90 Å². The number of hydrogen-bond donors (Lipinski definition) is 2. The van der Waals surface area contributed by atoms with Crippen molar-refractivity contribution in [3.05, 3.63) is 65.7 Å². The summed E-state index contributed by atoms with van der Waals surface area (Å²) in [4.78, 5) is 14.1. The van der Waals surface area contributed by atoms with E-state index in [4.69, 9.17) is 5.73 Å². The van der Waals surface area contributed by atoms with Crippen molar-refractivity contribution in [3.63, 3.8) is 0 Å². The predicted octanol–water partition coefficient (Wildman–Crippen LogP) is 2.15. The Kier molecular flexibility index (Phi) is 6.90. The number of carbonyl (C=O) groups is 1. The van der Waals surface area contributed by atoms with Crippen molar-refractivity contribution in [3.8, 4) is 0 Å². The van der Waals surface area contributed by atoms with Crippen LogP contribution in [0.5, 0.6) is 0 Å². The van der Waals surface area contributed by atoms with Gasteiger partial charge in [-0.2, -0.15) is 0 Å². The molecule has 0 aliphatic carbocycles. The fraction of sp³-hybridized carbons (Fsp3) is 0.316. The van der Waals surface area contributed by atoms with E-state index in [1.54, 1.807) is 4.90 Å². The zero-order chi connectivity index (χ0) is 19.2. The summed E-state index contributed by atoms with van der Waals surface area (Å²) in [5, 5.41) is 0. The number of benzene rings is 2. The van der Waals surface area contributed by atoms with Crippen molar-refractivity contribution in [2.24, 2.45) is 5.73 Å². The average molecular weight is 375 g/mol. The maximum Gasteiger partial charge on any atom is 0.253 e. The summed E-state index contributed by atoms with van der Waals surface area (Å²) in [6, 6.07) is 14.8. The molecule has 7 heteroatoms. The van der Waals surface area contributed by atoms with E-state index < -0.39 is 16.1 Å². The SMILES string of the molecule is CCN(CC)C(=O)c1ccc(S(=O)(=O)NCC(N)c2ccccc2)cc1. The van der Waals surface area contributed by atoms with E-state index >= 15 is 0 Å². The first-order valence-electron chi connectivity index (χ1n) is 8.58. The molecule has 3 N–H and O–H groups in total. The topological polar surface area (TPSA) is 92.5 Å². The van der Waals surface area contributed by atoms with Crippen molar-refractivity contribution in [2.45, 2.75) is 24.8 Å². The molecule has 0 aliphatic rings. The minimum atomic E-state index is -3.69. The van der Waals surface area contributed by atoms with Gasteiger partial charge in [-0.05, 0) is 43.7 Å². The number of nitrogens with two attached hydrogens (primary N) is 1. The first kappa shape index (κ1) is 20.1. The summed E-state index contributed by atoms with van der Waals surface area (Å²) < 4.78 is 27.4. The summed E-state index contributed by atoms with van der Waals surface area (Å²) in [6.07, 6.45) is 0. The van der Waals surface area contributed by atoms with Crippen LogP contribution in [0.15, 0.2) is 59.5 Å². The van der Waals surface area contributed by atoms with Gasteiger partial charge in [0.2, 0.25) is 10.0 Å². The van der Waals surface area contributed by atoms with Crippen LogP contribution in [0.2, 0.25) is 0 Å². The largest absolute Gasteiger partial charge is 0.339 e. The zero-order valence-corrected chi connectivity index (χ0v) is 15.9. The summed E-state index contributed by atoms with van der Waals surface area (Å²) in [5.74, 6) is -0.113. The van der Waals surface area contributed by atoms with Crippen molar-refractivity contribution in [1.29, 1.82) is 0 Å². The molecule has 0 saturated heterocycles. The maximum atomic E-state index is 12.4. The predicted molar refractivity (Wildman–Crippen MR) is 102 cm³/mol. The van der Waals surface area contributed by atoms with Gasteiger partial charge in [-0.15, -0.1) is 0 Å². The number of nitrogens with one attached hydrogen (secondary N) is 1. The Bertz CT molecular complexity index is 817. The van der Waals surface area contributed by atoms with Crippen molar-refractivity contribution >= 4 is 15.9 Å². The maximum absolute atomic E-state index is 12.4. The Morgan fingerprint density at radius 1 is 1.04 bits per heavy atom. The number of nitrogens with zero attached hydrogens (tertiary/aromatic N) is 1. The molecule has 0 radical (unpaired) electrons. The van der Waals surface area contributed by atoms with Crippen LogP contribution >= 0.6 is 0 Å². The monoisotopic (exact) mass is 375 g/mol. The number of amides is 1. The normalized spacial score (nSPS) is 12.6. The smallest absolute Gasteiger partial charge is 0.253 e. The van der Waals surface area contributed by atoms with Gasteiger partial charge in [-0.25, -0.2) is 13.1 Å². The highest BCUT2D eigenvalue weighted by Gasteiger charge is 2.18. The van der Waals surface area contributed by atoms with Crippen molar-refractivity contribution < 1.29 is 13.2 Å². The van der Waals surface area contributed by atoms with E-state index in [2.05, 4.69) is 4.72 Å². The van der Waals surface area contributed by atoms with Crippen LogP contribution in [0.1, 0.15) is 35.8 Å². The van der Waals surface area contributed by atoms with Gasteiger partial charge in [0, 0.05) is 31.2 Å². The van der Waals surface area contributed by atoms with Gasteiger partial charge in [0.1, 0.15) is 0 Å². The summed E-state index contributed by atoms with van der Waals surface area (Å²) in [6.45, 7) is 5.11. The molecule has 0 heterocycles. The fourth-order valence-electron chi connectivity index (χ4n) is 2.57. The number of sulfonamides is 1. The average Bonchev–Trinajstić information content (AvgIpc) is 2.68. The lowest BCUT2D eigenvalue weighted by atomic mass is 10.1. The van der Waals surface area contributed by atoms with Gasteiger partial charge in [0.25, 0.3) is 5.91 Å². The van der Waals surface area contributed by atoms with E-state index in [1.807, 2.05) is 44.2 Å². The molecule has 2 aromatic rings. The molecule has 26 heavy (non-hydrogen) atoms.